The summed E-state index contributed by atoms with van der Waals surface area (Å²) < 4.78 is 0. The fraction of sp³-hybridized carbons (Fsp3) is 0.792. The van der Waals surface area contributed by atoms with Gasteiger partial charge in [0.2, 0.25) is 5.91 Å². The second-order valence-electron chi connectivity index (χ2n) is 7.96. The minimum atomic E-state index is -1.28. The van der Waals surface area contributed by atoms with E-state index in [0.29, 0.717) is 19.3 Å². The van der Waals surface area contributed by atoms with E-state index in [1.165, 1.54) is 19.3 Å². The van der Waals surface area contributed by atoms with Gasteiger partial charge in [0, 0.05) is 0 Å². The van der Waals surface area contributed by atoms with Gasteiger partial charge in [-0.15, -0.1) is 0 Å². The van der Waals surface area contributed by atoms with Gasteiger partial charge in [0.1, 0.15) is 12.2 Å². The van der Waals surface area contributed by atoms with Crippen molar-refractivity contribution in [1.82, 2.24) is 5.32 Å². The van der Waals surface area contributed by atoms with Crippen LogP contribution in [0.15, 0.2) is 24.3 Å². The largest absolute Gasteiger partial charge is 0.394 e. The van der Waals surface area contributed by atoms with Crippen LogP contribution in [-0.2, 0) is 4.79 Å². The zero-order chi connectivity index (χ0) is 22.6. The van der Waals surface area contributed by atoms with Crippen molar-refractivity contribution in [1.29, 1.82) is 0 Å². The fourth-order valence-corrected chi connectivity index (χ4v) is 3.11. The number of aliphatic hydroxyl groups excluding tert-OH is 4. The molecule has 0 rings (SSSR count). The Morgan fingerprint density at radius 3 is 2.07 bits per heavy atom. The number of hydrogen-bond donors (Lipinski definition) is 5. The molecule has 0 saturated heterocycles. The molecule has 0 bridgehead atoms. The molecule has 0 aromatic heterocycles. The number of carbonyl (C=O) groups excluding carboxylic acids is 1. The summed E-state index contributed by atoms with van der Waals surface area (Å²) in [6.45, 7) is 3.78. The maximum Gasteiger partial charge on any atom is 0.249 e. The summed E-state index contributed by atoms with van der Waals surface area (Å²) in [5, 5.41) is 42.4. The Bertz CT molecular complexity index is 467. The molecular weight excluding hydrogens is 382 g/mol. The smallest absolute Gasteiger partial charge is 0.249 e. The monoisotopic (exact) mass is 427 g/mol. The molecule has 0 heterocycles. The van der Waals surface area contributed by atoms with Crippen LogP contribution in [0.3, 0.4) is 0 Å². The summed E-state index contributed by atoms with van der Waals surface area (Å²) in [4.78, 5) is 12.1. The molecule has 0 aliphatic heterocycles. The van der Waals surface area contributed by atoms with Crippen LogP contribution in [0.4, 0.5) is 0 Å². The van der Waals surface area contributed by atoms with Crippen molar-refractivity contribution in [2.24, 2.45) is 0 Å². The van der Waals surface area contributed by atoms with Gasteiger partial charge in [-0.2, -0.15) is 0 Å². The van der Waals surface area contributed by atoms with Crippen molar-refractivity contribution in [2.45, 2.75) is 115 Å². The molecule has 0 fully saturated rings. The number of amides is 1. The highest BCUT2D eigenvalue weighted by Crippen LogP contribution is 2.10. The molecule has 0 aliphatic rings. The third-order valence-electron chi connectivity index (χ3n) is 5.12. The quantitative estimate of drug-likeness (QED) is 0.160. The van der Waals surface area contributed by atoms with Gasteiger partial charge in [0.05, 0.1) is 18.8 Å². The summed E-state index contributed by atoms with van der Waals surface area (Å²) in [5.41, 5.74) is 0. The first kappa shape index (κ1) is 28.8. The van der Waals surface area contributed by atoms with Gasteiger partial charge in [-0.05, 0) is 51.4 Å². The summed E-state index contributed by atoms with van der Waals surface area (Å²) in [6, 6.07) is -1.01. The molecular formula is C24H45NO5. The van der Waals surface area contributed by atoms with Crippen molar-refractivity contribution >= 4 is 5.91 Å². The predicted molar refractivity (Wildman–Crippen MR) is 122 cm³/mol. The van der Waals surface area contributed by atoms with E-state index in [-0.39, 0.29) is 6.42 Å². The van der Waals surface area contributed by atoms with Crippen LogP contribution in [0, 0.1) is 0 Å². The maximum atomic E-state index is 12.1. The standard InChI is InChI=1S/C24H45NO5/c1-3-5-7-9-11-12-14-16-18-22(28)24(30)25-20(19-26)23(29)21(27)17-15-13-10-8-6-4-2/h8,10,12,14,20-23,26-29H,3-7,9,11,13,15-19H2,1-2H3,(H,25,30)/b10-8+,14-12-. The molecule has 4 unspecified atom stereocenters. The molecule has 0 spiro atoms. The zero-order valence-corrected chi connectivity index (χ0v) is 19.0. The Balaban J connectivity index is 4.19. The molecule has 30 heavy (non-hydrogen) atoms. The summed E-state index contributed by atoms with van der Waals surface area (Å²) in [6.07, 6.45) is 15.4. The van der Waals surface area contributed by atoms with Gasteiger partial charge in [-0.1, -0.05) is 63.8 Å². The number of hydrogen-bond acceptors (Lipinski definition) is 5. The van der Waals surface area contributed by atoms with Gasteiger partial charge in [-0.25, -0.2) is 0 Å². The van der Waals surface area contributed by atoms with E-state index in [2.05, 4.69) is 37.4 Å². The minimum Gasteiger partial charge on any atom is -0.394 e. The average Bonchev–Trinajstić information content (AvgIpc) is 2.75. The van der Waals surface area contributed by atoms with Gasteiger partial charge in [-0.3, -0.25) is 4.79 Å². The van der Waals surface area contributed by atoms with Gasteiger partial charge >= 0.3 is 0 Å². The highest BCUT2D eigenvalue weighted by molar-refractivity contribution is 5.80. The maximum absolute atomic E-state index is 12.1. The fourth-order valence-electron chi connectivity index (χ4n) is 3.11. The molecule has 5 N–H and O–H groups in total. The Hall–Kier alpha value is -1.21. The predicted octanol–water partition coefficient (Wildman–Crippen LogP) is 3.38. The molecule has 1 amide bonds. The highest BCUT2D eigenvalue weighted by Gasteiger charge is 2.28. The summed E-state index contributed by atoms with van der Waals surface area (Å²) >= 11 is 0. The Labute approximate surface area is 183 Å². The second-order valence-corrected chi connectivity index (χ2v) is 7.96. The van der Waals surface area contributed by atoms with E-state index >= 15 is 0 Å². The number of allylic oxidation sites excluding steroid dienone is 4. The topological polar surface area (TPSA) is 110 Å². The van der Waals surface area contributed by atoms with Crippen molar-refractivity contribution < 1.29 is 25.2 Å². The Morgan fingerprint density at radius 1 is 0.800 bits per heavy atom. The normalized spacial score (nSPS) is 16.1. The van der Waals surface area contributed by atoms with Crippen LogP contribution < -0.4 is 5.32 Å². The zero-order valence-electron chi connectivity index (χ0n) is 19.0. The molecule has 0 aromatic rings. The molecule has 0 aromatic carbocycles. The first-order chi connectivity index (χ1) is 14.5. The summed E-state index contributed by atoms with van der Waals surface area (Å²) in [5.74, 6) is -0.640. The van der Waals surface area contributed by atoms with Gasteiger partial charge in [0.15, 0.2) is 0 Å². The molecule has 6 nitrogen and oxygen atoms in total. The first-order valence-electron chi connectivity index (χ1n) is 11.7. The third kappa shape index (κ3) is 14.7. The molecule has 176 valence electrons. The first-order valence-corrected chi connectivity index (χ1v) is 11.7. The number of carbonyl (C=O) groups is 1. The number of rotatable bonds is 19. The lowest BCUT2D eigenvalue weighted by atomic mass is 10.0. The Kier molecular flexibility index (Phi) is 18.9. The summed E-state index contributed by atoms with van der Waals surface area (Å²) in [7, 11) is 0. The van der Waals surface area contributed by atoms with Crippen LogP contribution in [0.5, 0.6) is 0 Å². The van der Waals surface area contributed by atoms with E-state index in [4.69, 9.17) is 0 Å². The minimum absolute atomic E-state index is 0.276. The average molecular weight is 428 g/mol. The van der Waals surface area contributed by atoms with Crippen LogP contribution in [0.2, 0.25) is 0 Å². The number of nitrogens with one attached hydrogen (secondary N) is 1. The van der Waals surface area contributed by atoms with Crippen LogP contribution in [0.25, 0.3) is 0 Å². The molecule has 0 radical (unpaired) electrons. The van der Waals surface area contributed by atoms with E-state index in [9.17, 15) is 25.2 Å². The van der Waals surface area contributed by atoms with Crippen LogP contribution in [-0.4, -0.2) is 57.3 Å². The lowest BCUT2D eigenvalue weighted by Gasteiger charge is -2.27. The number of unbranched alkanes of at least 4 members (excludes halogenated alkanes) is 6. The third-order valence-corrected chi connectivity index (χ3v) is 5.12. The van der Waals surface area contributed by atoms with Crippen molar-refractivity contribution in [3.63, 3.8) is 0 Å². The van der Waals surface area contributed by atoms with E-state index < -0.39 is 36.9 Å². The van der Waals surface area contributed by atoms with Crippen molar-refractivity contribution in [3.8, 4) is 0 Å². The lowest BCUT2D eigenvalue weighted by Crippen LogP contribution is -2.53. The molecule has 0 saturated carbocycles. The second kappa shape index (κ2) is 19.7. The molecule has 4 atom stereocenters. The van der Waals surface area contributed by atoms with Crippen LogP contribution >= 0.6 is 0 Å². The van der Waals surface area contributed by atoms with Crippen molar-refractivity contribution in [2.75, 3.05) is 6.61 Å². The Morgan fingerprint density at radius 2 is 1.43 bits per heavy atom. The van der Waals surface area contributed by atoms with Crippen LogP contribution in [0.1, 0.15) is 90.9 Å². The van der Waals surface area contributed by atoms with E-state index in [1.807, 2.05) is 6.08 Å². The van der Waals surface area contributed by atoms with E-state index in [1.54, 1.807) is 0 Å². The van der Waals surface area contributed by atoms with Gasteiger partial charge in [0.25, 0.3) is 0 Å². The molecule has 0 aliphatic carbocycles. The number of aliphatic hydroxyl groups is 4. The van der Waals surface area contributed by atoms with Gasteiger partial charge < -0.3 is 25.7 Å². The van der Waals surface area contributed by atoms with E-state index in [0.717, 1.165) is 32.1 Å². The lowest BCUT2D eigenvalue weighted by molar-refractivity contribution is -0.132. The van der Waals surface area contributed by atoms with Crippen molar-refractivity contribution in [3.05, 3.63) is 24.3 Å². The highest BCUT2D eigenvalue weighted by atomic mass is 16.3. The molecule has 6 heteroatoms. The SMILES string of the molecule is CCC/C=C/CCCC(O)C(O)C(CO)NC(=O)C(O)CC/C=C\CCCCCC.